The minimum absolute atomic E-state index is 0.192. The second-order valence-corrected chi connectivity index (χ2v) is 8.75. The summed E-state index contributed by atoms with van der Waals surface area (Å²) in [5.74, 6) is 0. The maximum atomic E-state index is 12.9. The zero-order chi connectivity index (χ0) is 19.6. The molecule has 0 atom stereocenters. The zero-order valence-corrected chi connectivity index (χ0v) is 16.7. The minimum Gasteiger partial charge on any atom is -0.334 e. The molecule has 27 heavy (non-hydrogen) atoms. The highest BCUT2D eigenvalue weighted by atomic mass is 32.2. The quantitative estimate of drug-likeness (QED) is 0.850. The average molecular weight is 391 g/mol. The van der Waals surface area contributed by atoms with Crippen molar-refractivity contribution >= 4 is 16.1 Å². The number of sulfonamides is 1. The Balaban J connectivity index is 1.59. The number of hydrogen-bond acceptors (Lipinski definition) is 4. The maximum absolute atomic E-state index is 12.9. The van der Waals surface area contributed by atoms with Crippen LogP contribution in [-0.4, -0.2) is 59.6 Å². The molecule has 1 saturated heterocycles. The summed E-state index contributed by atoms with van der Waals surface area (Å²) in [5, 5.41) is 6.91. The van der Waals surface area contributed by atoms with E-state index in [9.17, 15) is 13.2 Å². The van der Waals surface area contributed by atoms with Gasteiger partial charge in [-0.3, -0.25) is 4.68 Å². The topological polar surface area (TPSA) is 87.5 Å². The molecule has 1 aliphatic rings. The van der Waals surface area contributed by atoms with Crippen LogP contribution in [0.25, 0.3) is 0 Å². The number of aryl methyl sites for hydroxylation is 3. The van der Waals surface area contributed by atoms with Crippen LogP contribution < -0.4 is 5.32 Å². The molecule has 0 spiro atoms. The first kappa shape index (κ1) is 19.4. The van der Waals surface area contributed by atoms with E-state index in [4.69, 9.17) is 0 Å². The van der Waals surface area contributed by atoms with Crippen molar-refractivity contribution in [3.05, 3.63) is 47.3 Å². The number of hydrogen-bond donors (Lipinski definition) is 1. The van der Waals surface area contributed by atoms with E-state index < -0.39 is 10.0 Å². The lowest BCUT2D eigenvalue weighted by Gasteiger charge is -2.34. The Morgan fingerprint density at radius 3 is 2.52 bits per heavy atom. The van der Waals surface area contributed by atoms with Gasteiger partial charge in [0.1, 0.15) is 0 Å². The van der Waals surface area contributed by atoms with Crippen molar-refractivity contribution < 1.29 is 13.2 Å². The molecule has 1 aliphatic heterocycles. The molecule has 1 aromatic carbocycles. The molecule has 8 nitrogen and oxygen atoms in total. The number of urea groups is 1. The number of nitrogens with one attached hydrogen (secondary N) is 1. The monoisotopic (exact) mass is 391 g/mol. The lowest BCUT2D eigenvalue weighted by molar-refractivity contribution is 0.172. The van der Waals surface area contributed by atoms with Gasteiger partial charge in [-0.05, 0) is 31.0 Å². The normalized spacial score (nSPS) is 15.7. The van der Waals surface area contributed by atoms with Crippen molar-refractivity contribution in [3.63, 3.8) is 0 Å². The number of carbonyl (C=O) groups excluding carboxylic acids is 1. The van der Waals surface area contributed by atoms with E-state index in [1.165, 1.54) is 4.31 Å². The Labute approximate surface area is 159 Å². The second kappa shape index (κ2) is 7.69. The molecule has 0 aliphatic carbocycles. The van der Waals surface area contributed by atoms with Crippen molar-refractivity contribution in [2.45, 2.75) is 25.3 Å². The van der Waals surface area contributed by atoms with Gasteiger partial charge in [0.05, 0.1) is 11.1 Å². The number of amides is 2. The number of rotatable bonds is 4. The minimum atomic E-state index is -3.55. The smallest absolute Gasteiger partial charge is 0.317 e. The van der Waals surface area contributed by atoms with Crippen LogP contribution in [0.4, 0.5) is 4.79 Å². The molecule has 0 saturated carbocycles. The molecule has 1 fully saturated rings. The van der Waals surface area contributed by atoms with E-state index in [1.54, 1.807) is 28.8 Å². The summed E-state index contributed by atoms with van der Waals surface area (Å²) >= 11 is 0. The van der Waals surface area contributed by atoms with Crippen molar-refractivity contribution in [3.8, 4) is 0 Å². The van der Waals surface area contributed by atoms with Gasteiger partial charge in [0.2, 0.25) is 10.0 Å². The highest BCUT2D eigenvalue weighted by Crippen LogP contribution is 2.22. The molecule has 0 radical (unpaired) electrons. The summed E-state index contributed by atoms with van der Waals surface area (Å²) in [5.41, 5.74) is 2.56. The van der Waals surface area contributed by atoms with Gasteiger partial charge in [-0.25, -0.2) is 13.2 Å². The Bertz CT molecular complexity index is 930. The first-order chi connectivity index (χ1) is 12.8. The summed E-state index contributed by atoms with van der Waals surface area (Å²) in [4.78, 5) is 14.3. The summed E-state index contributed by atoms with van der Waals surface area (Å²) in [6, 6.07) is 5.24. The molecule has 2 amide bonds. The molecular weight excluding hydrogens is 366 g/mol. The molecule has 0 unspecified atom stereocenters. The van der Waals surface area contributed by atoms with Crippen LogP contribution in [0, 0.1) is 13.8 Å². The van der Waals surface area contributed by atoms with Gasteiger partial charge in [0.15, 0.2) is 0 Å². The van der Waals surface area contributed by atoms with Crippen LogP contribution in [0.5, 0.6) is 0 Å². The molecule has 1 N–H and O–H groups in total. The highest BCUT2D eigenvalue weighted by Gasteiger charge is 2.31. The van der Waals surface area contributed by atoms with Crippen LogP contribution in [0.1, 0.15) is 16.7 Å². The number of aromatic nitrogens is 2. The van der Waals surface area contributed by atoms with Crippen molar-refractivity contribution in [2.24, 2.45) is 7.05 Å². The fraction of sp³-hybridized carbons (Fsp3) is 0.444. The van der Waals surface area contributed by atoms with E-state index in [-0.39, 0.29) is 19.1 Å². The summed E-state index contributed by atoms with van der Waals surface area (Å²) < 4.78 is 29.0. The molecule has 9 heteroatoms. The van der Waals surface area contributed by atoms with Crippen molar-refractivity contribution in [1.29, 1.82) is 0 Å². The van der Waals surface area contributed by atoms with Crippen LogP contribution >= 0.6 is 0 Å². The highest BCUT2D eigenvalue weighted by molar-refractivity contribution is 7.89. The number of nitrogens with zero attached hydrogens (tertiary/aromatic N) is 4. The predicted octanol–water partition coefficient (Wildman–Crippen LogP) is 1.25. The zero-order valence-electron chi connectivity index (χ0n) is 15.8. The molecule has 0 bridgehead atoms. The average Bonchev–Trinajstić information content (AvgIpc) is 3.07. The van der Waals surface area contributed by atoms with Crippen LogP contribution in [0.15, 0.2) is 35.5 Å². The Hall–Kier alpha value is -2.39. The van der Waals surface area contributed by atoms with E-state index in [0.717, 1.165) is 16.7 Å². The number of carbonyl (C=O) groups is 1. The van der Waals surface area contributed by atoms with Crippen LogP contribution in [0.2, 0.25) is 0 Å². The second-order valence-electron chi connectivity index (χ2n) is 6.84. The molecule has 1 aromatic heterocycles. The molecular formula is C18H25N5O3S. The number of piperazine rings is 1. The van der Waals surface area contributed by atoms with Crippen molar-refractivity contribution in [1.82, 2.24) is 24.3 Å². The third-order valence-corrected chi connectivity index (χ3v) is 6.73. The van der Waals surface area contributed by atoms with E-state index >= 15 is 0 Å². The van der Waals surface area contributed by atoms with Crippen LogP contribution in [-0.2, 0) is 23.6 Å². The fourth-order valence-electron chi connectivity index (χ4n) is 3.11. The standard InChI is InChI=1S/C18H25N5O3S/c1-14-4-5-15(2)17(10-14)27(25,26)23-8-6-22(7-9-23)18(24)19-11-16-12-20-21(3)13-16/h4-5,10,12-13H,6-9,11H2,1-3H3,(H,19,24). The summed E-state index contributed by atoms with van der Waals surface area (Å²) in [6.07, 6.45) is 3.55. The number of benzene rings is 1. The first-order valence-electron chi connectivity index (χ1n) is 8.85. The third kappa shape index (κ3) is 4.30. The molecule has 146 valence electrons. The largest absolute Gasteiger partial charge is 0.334 e. The van der Waals surface area contributed by atoms with Gasteiger partial charge in [0, 0.05) is 51.5 Å². The lowest BCUT2D eigenvalue weighted by atomic mass is 10.2. The fourth-order valence-corrected chi connectivity index (χ4v) is 4.84. The van der Waals surface area contributed by atoms with Crippen molar-refractivity contribution in [2.75, 3.05) is 26.2 Å². The third-order valence-electron chi connectivity index (χ3n) is 4.69. The molecule has 2 heterocycles. The van der Waals surface area contributed by atoms with Crippen LogP contribution in [0.3, 0.4) is 0 Å². The summed E-state index contributed by atoms with van der Waals surface area (Å²) in [7, 11) is -1.73. The van der Waals surface area contributed by atoms with Gasteiger partial charge < -0.3 is 10.2 Å². The van der Waals surface area contributed by atoms with E-state index in [0.29, 0.717) is 24.5 Å². The van der Waals surface area contributed by atoms with E-state index in [2.05, 4.69) is 10.4 Å². The lowest BCUT2D eigenvalue weighted by Crippen LogP contribution is -2.53. The van der Waals surface area contributed by atoms with Gasteiger partial charge in [-0.2, -0.15) is 9.40 Å². The van der Waals surface area contributed by atoms with Gasteiger partial charge in [0.25, 0.3) is 0 Å². The van der Waals surface area contributed by atoms with E-state index in [1.807, 2.05) is 32.3 Å². The SMILES string of the molecule is Cc1ccc(C)c(S(=O)(=O)N2CCN(C(=O)NCc3cnn(C)c3)CC2)c1. The van der Waals surface area contributed by atoms with Gasteiger partial charge in [-0.1, -0.05) is 12.1 Å². The molecule has 2 aromatic rings. The maximum Gasteiger partial charge on any atom is 0.317 e. The van der Waals surface area contributed by atoms with Gasteiger partial charge in [-0.15, -0.1) is 0 Å². The predicted molar refractivity (Wildman–Crippen MR) is 102 cm³/mol. The van der Waals surface area contributed by atoms with Gasteiger partial charge >= 0.3 is 6.03 Å². The molecule has 3 rings (SSSR count). The first-order valence-corrected chi connectivity index (χ1v) is 10.3. The Morgan fingerprint density at radius 2 is 1.89 bits per heavy atom. The summed E-state index contributed by atoms with van der Waals surface area (Å²) in [6.45, 7) is 5.38. The Kier molecular flexibility index (Phi) is 5.52. The Morgan fingerprint density at radius 1 is 1.19 bits per heavy atom.